The molecule has 22 aromatic rings. The summed E-state index contributed by atoms with van der Waals surface area (Å²) < 4.78 is 18.2. The van der Waals surface area contributed by atoms with Crippen LogP contribution in [0.15, 0.2) is 397 Å². The van der Waals surface area contributed by atoms with Gasteiger partial charge in [0.1, 0.15) is 11.2 Å². The molecule has 0 spiro atoms. The zero-order valence-corrected chi connectivity index (χ0v) is 60.3. The molecule has 0 N–H and O–H groups in total. The Balaban J connectivity index is 0.000000141. The van der Waals surface area contributed by atoms with Crippen molar-refractivity contribution >= 4 is 87.5 Å². The van der Waals surface area contributed by atoms with Gasteiger partial charge in [-0.3, -0.25) is 0 Å². The lowest BCUT2D eigenvalue weighted by Crippen LogP contribution is -2.03. The lowest BCUT2D eigenvalue weighted by atomic mass is 9.99. The monoisotopic (exact) mass is 1430 g/mol. The molecule has 16 aromatic carbocycles. The molecule has 0 aliphatic rings. The summed E-state index contributed by atoms with van der Waals surface area (Å²) in [6.45, 7) is 0. The third-order valence-corrected chi connectivity index (χ3v) is 21.4. The molecule has 0 unspecified atom stereocenters. The third kappa shape index (κ3) is 11.4. The van der Waals surface area contributed by atoms with Gasteiger partial charge in [0.15, 0.2) is 46.1 Å². The Hall–Kier alpha value is -15.3. The molecule has 10 heteroatoms. The summed E-state index contributed by atoms with van der Waals surface area (Å²) in [5, 5.41) is 8.84. The first-order valence-corrected chi connectivity index (χ1v) is 37.6. The maximum Gasteiger partial charge on any atom is 0.166 e. The molecule has 0 aliphatic heterocycles. The number of aromatic nitrogens is 8. The van der Waals surface area contributed by atoms with Crippen LogP contribution in [-0.4, -0.2) is 39.0 Å². The highest BCUT2D eigenvalue weighted by atomic mass is 16.3. The van der Waals surface area contributed by atoms with Gasteiger partial charge in [-0.1, -0.05) is 322 Å². The van der Waals surface area contributed by atoms with Crippen LogP contribution in [0.4, 0.5) is 0 Å². The molecule has 0 radical (unpaired) electrons. The van der Waals surface area contributed by atoms with E-state index in [4.69, 9.17) is 38.7 Å². The quantitative estimate of drug-likeness (QED) is 0.119. The highest BCUT2D eigenvalue weighted by molar-refractivity contribution is 6.25. The number of hydrogen-bond acceptors (Lipinski definition) is 8. The predicted octanol–water partition coefficient (Wildman–Crippen LogP) is 26.4. The Morgan fingerprint density at radius 1 is 0.188 bits per heavy atom. The third-order valence-electron chi connectivity index (χ3n) is 21.4. The Labute approximate surface area is 643 Å². The molecule has 0 saturated heterocycles. The van der Waals surface area contributed by atoms with Gasteiger partial charge >= 0.3 is 0 Å². The molecular formula is C102H64N8O2. The van der Waals surface area contributed by atoms with Crippen molar-refractivity contribution in [1.82, 2.24) is 39.0 Å². The summed E-state index contributed by atoms with van der Waals surface area (Å²) in [6.07, 6.45) is 0. The van der Waals surface area contributed by atoms with Gasteiger partial charge in [0.25, 0.3) is 0 Å². The normalized spacial score (nSPS) is 11.6. The number of nitrogens with zero attached hydrogens (tertiary/aromatic N) is 8. The summed E-state index contributed by atoms with van der Waals surface area (Å²) >= 11 is 0. The van der Waals surface area contributed by atoms with Gasteiger partial charge in [-0.25, -0.2) is 29.9 Å². The first-order chi connectivity index (χ1) is 55.5. The molecule has 112 heavy (non-hydrogen) atoms. The molecule has 0 amide bonds. The van der Waals surface area contributed by atoms with E-state index < -0.39 is 0 Å². The summed E-state index contributed by atoms with van der Waals surface area (Å²) in [4.78, 5) is 31.0. The van der Waals surface area contributed by atoms with E-state index >= 15 is 0 Å². The molecule has 524 valence electrons. The van der Waals surface area contributed by atoms with Crippen LogP contribution in [0.5, 0.6) is 0 Å². The summed E-state index contributed by atoms with van der Waals surface area (Å²) in [5.41, 5.74) is 24.1. The van der Waals surface area contributed by atoms with Crippen molar-refractivity contribution in [1.29, 1.82) is 0 Å². The highest BCUT2D eigenvalue weighted by Crippen LogP contribution is 2.47. The maximum absolute atomic E-state index is 6.78. The second-order valence-corrected chi connectivity index (χ2v) is 28.0. The maximum atomic E-state index is 6.78. The van der Waals surface area contributed by atoms with Crippen LogP contribution in [0.1, 0.15) is 0 Å². The molecular weight excluding hydrogens is 1370 g/mol. The van der Waals surface area contributed by atoms with E-state index in [1.807, 2.05) is 97.1 Å². The van der Waals surface area contributed by atoms with Crippen molar-refractivity contribution < 1.29 is 8.83 Å². The van der Waals surface area contributed by atoms with Crippen molar-refractivity contribution in [3.05, 3.63) is 388 Å². The van der Waals surface area contributed by atoms with Gasteiger partial charge < -0.3 is 18.0 Å². The molecule has 0 saturated carbocycles. The van der Waals surface area contributed by atoms with E-state index in [1.165, 1.54) is 5.56 Å². The second kappa shape index (κ2) is 27.5. The topological polar surface area (TPSA) is 113 Å². The molecule has 0 bridgehead atoms. The average Bonchev–Trinajstić information content (AvgIpc) is 1.55. The number of furan rings is 2. The Kier molecular flexibility index (Phi) is 16.0. The Bertz CT molecular complexity index is 7330. The number of benzene rings is 16. The van der Waals surface area contributed by atoms with Crippen molar-refractivity contribution in [2.24, 2.45) is 0 Å². The summed E-state index contributed by atoms with van der Waals surface area (Å²) in [6, 6.07) is 135. The zero-order chi connectivity index (χ0) is 74.0. The standard InChI is InChI=1S/2C51H32N4O/c1-4-15-33(16-5-1)34-27-29-37(30-28-34)50-52-49(36-19-8-3-9-20-36)53-51(54-50)41-22-10-12-24-43(41)55-44-25-14-23-38(35-17-6-2-7-18-35)46(44)42-32-31-40-39-21-11-13-26-45(39)56-48(40)47(42)55;1-4-14-33(15-5-1)35-24-26-37(27-25-35)50-52-49(36-18-8-3-9-19-36)53-51(54-50)42-21-10-12-22-44(42)55-45-31-28-38(34-16-6-2-7-17-34)32-43(45)40-29-30-41-39-20-11-13-23-46(39)56-48(41)47(40)55/h2*1-32H. The molecule has 10 nitrogen and oxygen atoms in total. The van der Waals surface area contributed by atoms with Crippen LogP contribution >= 0.6 is 0 Å². The fraction of sp³-hybridized carbons (Fsp3) is 0. The largest absolute Gasteiger partial charge is 0.454 e. The first kappa shape index (κ1) is 65.1. The van der Waals surface area contributed by atoms with Crippen LogP contribution in [0.25, 0.3) is 212 Å². The van der Waals surface area contributed by atoms with Gasteiger partial charge in [-0.2, -0.15) is 0 Å². The van der Waals surface area contributed by atoms with Crippen LogP contribution in [-0.2, 0) is 0 Å². The Morgan fingerprint density at radius 3 is 0.982 bits per heavy atom. The molecule has 6 aromatic heterocycles. The van der Waals surface area contributed by atoms with E-state index in [0.717, 1.165) is 171 Å². The Morgan fingerprint density at radius 2 is 0.509 bits per heavy atom. The summed E-state index contributed by atoms with van der Waals surface area (Å²) in [7, 11) is 0. The number of rotatable bonds is 12. The lowest BCUT2D eigenvalue weighted by molar-refractivity contribution is 0.670. The summed E-state index contributed by atoms with van der Waals surface area (Å²) in [5.74, 6) is 3.61. The van der Waals surface area contributed by atoms with Gasteiger partial charge in [0.05, 0.1) is 33.4 Å². The van der Waals surface area contributed by atoms with Crippen LogP contribution in [0.3, 0.4) is 0 Å². The van der Waals surface area contributed by atoms with Gasteiger partial charge in [-0.15, -0.1) is 0 Å². The van der Waals surface area contributed by atoms with Gasteiger partial charge in [0, 0.05) is 76.5 Å². The van der Waals surface area contributed by atoms with Gasteiger partial charge in [0.2, 0.25) is 0 Å². The first-order valence-electron chi connectivity index (χ1n) is 37.6. The molecule has 0 aliphatic carbocycles. The lowest BCUT2D eigenvalue weighted by Gasteiger charge is -2.15. The smallest absolute Gasteiger partial charge is 0.166 e. The molecule has 0 fully saturated rings. The minimum absolute atomic E-state index is 0.586. The van der Waals surface area contributed by atoms with E-state index in [2.05, 4.69) is 300 Å². The molecule has 0 atom stereocenters. The number of fused-ring (bicyclic) bond motifs is 14. The minimum Gasteiger partial charge on any atom is -0.454 e. The SMILES string of the molecule is c1ccc(-c2ccc(-c3nc(-c4ccccc4)nc(-c4ccccc4-n4c5ccc(-c6ccccc6)cc5c5ccc6c7ccccc7oc6c54)n3)cc2)cc1.c1ccc(-c2ccc(-c3nc(-c4ccccc4)nc(-c4ccccc4-n4c5cccc(-c6ccccc6)c5c5ccc6c7ccccc7oc6c54)n3)cc2)cc1. The molecule has 6 heterocycles. The van der Waals surface area contributed by atoms with Gasteiger partial charge in [-0.05, 0) is 111 Å². The van der Waals surface area contributed by atoms with E-state index in [1.54, 1.807) is 0 Å². The predicted molar refractivity (Wildman–Crippen MR) is 457 cm³/mol. The number of hydrogen-bond donors (Lipinski definition) is 0. The second-order valence-electron chi connectivity index (χ2n) is 28.0. The highest BCUT2D eigenvalue weighted by Gasteiger charge is 2.27. The van der Waals surface area contributed by atoms with Crippen molar-refractivity contribution in [2.45, 2.75) is 0 Å². The number of para-hydroxylation sites is 4. The van der Waals surface area contributed by atoms with Crippen LogP contribution < -0.4 is 0 Å². The van der Waals surface area contributed by atoms with Crippen molar-refractivity contribution in [3.63, 3.8) is 0 Å². The van der Waals surface area contributed by atoms with Crippen LogP contribution in [0, 0.1) is 0 Å². The van der Waals surface area contributed by atoms with Crippen LogP contribution in [0.2, 0.25) is 0 Å². The van der Waals surface area contributed by atoms with Crippen molar-refractivity contribution in [2.75, 3.05) is 0 Å². The minimum atomic E-state index is 0.586. The van der Waals surface area contributed by atoms with E-state index in [-0.39, 0.29) is 0 Å². The average molecular weight is 1430 g/mol. The molecule has 22 rings (SSSR count). The fourth-order valence-corrected chi connectivity index (χ4v) is 16.1. The zero-order valence-electron chi connectivity index (χ0n) is 60.3. The van der Waals surface area contributed by atoms with E-state index in [9.17, 15) is 0 Å². The van der Waals surface area contributed by atoms with E-state index in [0.29, 0.717) is 34.9 Å². The fourth-order valence-electron chi connectivity index (χ4n) is 16.1. The van der Waals surface area contributed by atoms with Crippen molar-refractivity contribution in [3.8, 4) is 124 Å².